The zero-order valence-corrected chi connectivity index (χ0v) is 9.89. The fraction of sp³-hybridized carbons (Fsp3) is 0.500. The maximum Gasteiger partial charge on any atom is 0.161 e. The molecular formula is C12H16N4O. The number of hydrogen-bond acceptors (Lipinski definition) is 4. The van der Waals surface area contributed by atoms with Crippen molar-refractivity contribution < 1.29 is 4.74 Å². The molecule has 1 fully saturated rings. The summed E-state index contributed by atoms with van der Waals surface area (Å²) in [6, 6.07) is 4.11. The lowest BCUT2D eigenvalue weighted by atomic mass is 10.2. The summed E-state index contributed by atoms with van der Waals surface area (Å²) in [5.74, 6) is 0.966. The number of nitrogens with zero attached hydrogens (tertiary/aromatic N) is 3. The number of morpholine rings is 1. The first kappa shape index (κ1) is 10.7. The number of aryl methyl sites for hydroxylation is 1. The molecule has 1 aliphatic rings. The summed E-state index contributed by atoms with van der Waals surface area (Å²) in [6.45, 7) is 4.67. The van der Waals surface area contributed by atoms with Crippen molar-refractivity contribution in [2.24, 2.45) is 0 Å². The number of hydrogen-bond donors (Lipinski definition) is 1. The van der Waals surface area contributed by atoms with Crippen molar-refractivity contribution in [1.29, 1.82) is 0 Å². The van der Waals surface area contributed by atoms with Crippen LogP contribution in [0.2, 0.25) is 0 Å². The SMILES string of the molecule is Cc1ccn2c(CC3CNCCO3)nnc2c1. The van der Waals surface area contributed by atoms with E-state index in [1.807, 2.05) is 16.7 Å². The topological polar surface area (TPSA) is 51.5 Å². The fourth-order valence-corrected chi connectivity index (χ4v) is 2.14. The highest BCUT2D eigenvalue weighted by atomic mass is 16.5. The summed E-state index contributed by atoms with van der Waals surface area (Å²) < 4.78 is 7.71. The highest BCUT2D eigenvalue weighted by Gasteiger charge is 2.17. The standard InChI is InChI=1S/C12H16N4O/c1-9-2-4-16-11(6-9)14-15-12(16)7-10-8-13-3-5-17-10/h2,4,6,10,13H,3,5,7-8H2,1H3. The number of aromatic nitrogens is 3. The van der Waals surface area contributed by atoms with Crippen LogP contribution in [0.15, 0.2) is 18.3 Å². The van der Waals surface area contributed by atoms with E-state index in [0.717, 1.165) is 37.6 Å². The van der Waals surface area contributed by atoms with Gasteiger partial charge >= 0.3 is 0 Å². The first-order valence-corrected chi connectivity index (χ1v) is 5.95. The normalized spacial score (nSPS) is 20.9. The zero-order valence-electron chi connectivity index (χ0n) is 9.89. The van der Waals surface area contributed by atoms with Gasteiger partial charge in [-0.05, 0) is 24.6 Å². The first-order valence-electron chi connectivity index (χ1n) is 5.95. The molecule has 0 radical (unpaired) electrons. The number of nitrogens with one attached hydrogen (secondary N) is 1. The minimum atomic E-state index is 0.206. The highest BCUT2D eigenvalue weighted by Crippen LogP contribution is 2.10. The van der Waals surface area contributed by atoms with E-state index in [1.54, 1.807) is 0 Å². The molecular weight excluding hydrogens is 216 g/mol. The quantitative estimate of drug-likeness (QED) is 0.822. The Morgan fingerprint density at radius 3 is 3.29 bits per heavy atom. The van der Waals surface area contributed by atoms with Gasteiger partial charge < -0.3 is 10.1 Å². The van der Waals surface area contributed by atoms with E-state index >= 15 is 0 Å². The van der Waals surface area contributed by atoms with Gasteiger partial charge in [-0.15, -0.1) is 10.2 Å². The molecule has 17 heavy (non-hydrogen) atoms. The third-order valence-corrected chi connectivity index (χ3v) is 3.05. The van der Waals surface area contributed by atoms with Crippen molar-refractivity contribution in [1.82, 2.24) is 19.9 Å². The third kappa shape index (κ3) is 2.16. The Labute approximate surface area is 99.8 Å². The fourth-order valence-electron chi connectivity index (χ4n) is 2.14. The predicted molar refractivity (Wildman–Crippen MR) is 64.0 cm³/mol. The van der Waals surface area contributed by atoms with Crippen LogP contribution in [-0.2, 0) is 11.2 Å². The highest BCUT2D eigenvalue weighted by molar-refractivity contribution is 5.40. The van der Waals surface area contributed by atoms with Crippen molar-refractivity contribution in [3.63, 3.8) is 0 Å². The molecule has 3 rings (SSSR count). The maximum atomic E-state index is 5.68. The van der Waals surface area contributed by atoms with E-state index in [4.69, 9.17) is 4.74 Å². The maximum absolute atomic E-state index is 5.68. The van der Waals surface area contributed by atoms with E-state index in [2.05, 4.69) is 28.5 Å². The number of fused-ring (bicyclic) bond motifs is 1. The number of rotatable bonds is 2. The van der Waals surface area contributed by atoms with Gasteiger partial charge in [0, 0.05) is 25.7 Å². The average Bonchev–Trinajstić information content (AvgIpc) is 2.73. The van der Waals surface area contributed by atoms with Gasteiger partial charge in [-0.25, -0.2) is 0 Å². The summed E-state index contributed by atoms with van der Waals surface area (Å²) in [5.41, 5.74) is 2.11. The van der Waals surface area contributed by atoms with E-state index < -0.39 is 0 Å². The van der Waals surface area contributed by atoms with Crippen LogP contribution in [-0.4, -0.2) is 40.4 Å². The Morgan fingerprint density at radius 1 is 1.53 bits per heavy atom. The van der Waals surface area contributed by atoms with E-state index in [1.165, 1.54) is 5.56 Å². The zero-order chi connectivity index (χ0) is 11.7. The summed E-state index contributed by atoms with van der Waals surface area (Å²) in [7, 11) is 0. The van der Waals surface area contributed by atoms with Crippen LogP contribution in [0.1, 0.15) is 11.4 Å². The van der Waals surface area contributed by atoms with Crippen LogP contribution in [0, 0.1) is 6.92 Å². The van der Waals surface area contributed by atoms with Crippen molar-refractivity contribution in [2.45, 2.75) is 19.4 Å². The molecule has 1 aliphatic heterocycles. The van der Waals surface area contributed by atoms with Crippen molar-refractivity contribution in [2.75, 3.05) is 19.7 Å². The molecule has 0 spiro atoms. The van der Waals surface area contributed by atoms with E-state index in [-0.39, 0.29) is 6.10 Å². The smallest absolute Gasteiger partial charge is 0.161 e. The molecule has 0 bridgehead atoms. The number of pyridine rings is 1. The van der Waals surface area contributed by atoms with Gasteiger partial charge in [0.15, 0.2) is 5.65 Å². The van der Waals surface area contributed by atoms with Crippen LogP contribution < -0.4 is 5.32 Å². The van der Waals surface area contributed by atoms with Gasteiger partial charge in [0.1, 0.15) is 5.82 Å². The Kier molecular flexibility index (Phi) is 2.78. The van der Waals surface area contributed by atoms with Crippen molar-refractivity contribution >= 4 is 5.65 Å². The van der Waals surface area contributed by atoms with Crippen LogP contribution in [0.25, 0.3) is 5.65 Å². The molecule has 1 atom stereocenters. The molecule has 3 heterocycles. The predicted octanol–water partition coefficient (Wildman–Crippen LogP) is 0.569. The van der Waals surface area contributed by atoms with Crippen LogP contribution in [0.3, 0.4) is 0 Å². The molecule has 1 saturated heterocycles. The summed E-state index contributed by atoms with van der Waals surface area (Å²) in [5, 5.41) is 11.7. The molecule has 1 unspecified atom stereocenters. The van der Waals surface area contributed by atoms with Gasteiger partial charge in [-0.1, -0.05) is 0 Å². The summed E-state index contributed by atoms with van der Waals surface area (Å²) >= 11 is 0. The summed E-state index contributed by atoms with van der Waals surface area (Å²) in [4.78, 5) is 0. The Hall–Kier alpha value is -1.46. The average molecular weight is 232 g/mol. The van der Waals surface area contributed by atoms with Gasteiger partial charge in [0.05, 0.1) is 12.7 Å². The van der Waals surface area contributed by atoms with E-state index in [9.17, 15) is 0 Å². The lowest BCUT2D eigenvalue weighted by molar-refractivity contribution is 0.0279. The molecule has 0 aromatic carbocycles. The Morgan fingerprint density at radius 2 is 2.47 bits per heavy atom. The minimum absolute atomic E-state index is 0.206. The first-order chi connectivity index (χ1) is 8.33. The Balaban J connectivity index is 1.84. The third-order valence-electron chi connectivity index (χ3n) is 3.05. The van der Waals surface area contributed by atoms with Crippen LogP contribution >= 0.6 is 0 Å². The minimum Gasteiger partial charge on any atom is -0.375 e. The molecule has 0 saturated carbocycles. The number of ether oxygens (including phenoxy) is 1. The molecule has 90 valence electrons. The second-order valence-corrected chi connectivity index (χ2v) is 4.45. The largest absolute Gasteiger partial charge is 0.375 e. The van der Waals surface area contributed by atoms with Crippen molar-refractivity contribution in [3.05, 3.63) is 29.7 Å². The molecule has 2 aromatic heterocycles. The van der Waals surface area contributed by atoms with Gasteiger partial charge in [-0.3, -0.25) is 4.40 Å². The van der Waals surface area contributed by atoms with Crippen LogP contribution in [0.5, 0.6) is 0 Å². The van der Waals surface area contributed by atoms with Gasteiger partial charge in [-0.2, -0.15) is 0 Å². The lowest BCUT2D eigenvalue weighted by Crippen LogP contribution is -2.39. The van der Waals surface area contributed by atoms with Crippen molar-refractivity contribution in [3.8, 4) is 0 Å². The second-order valence-electron chi connectivity index (χ2n) is 4.45. The molecule has 0 aliphatic carbocycles. The summed E-state index contributed by atoms with van der Waals surface area (Å²) in [6.07, 6.45) is 3.03. The Bertz CT molecular complexity index is 516. The molecule has 5 nitrogen and oxygen atoms in total. The molecule has 0 amide bonds. The van der Waals surface area contributed by atoms with Gasteiger partial charge in [0.25, 0.3) is 0 Å². The molecule has 2 aromatic rings. The van der Waals surface area contributed by atoms with Crippen LogP contribution in [0.4, 0.5) is 0 Å². The van der Waals surface area contributed by atoms with E-state index in [0.29, 0.717) is 0 Å². The lowest BCUT2D eigenvalue weighted by Gasteiger charge is -2.22. The second kappa shape index (κ2) is 4.43. The molecule has 5 heteroatoms. The monoisotopic (exact) mass is 232 g/mol. The van der Waals surface area contributed by atoms with Gasteiger partial charge in [0.2, 0.25) is 0 Å². The molecule has 1 N–H and O–H groups in total.